The average molecular weight is 496 g/mol. The molecular weight excluding hydrogens is 470 g/mol. The summed E-state index contributed by atoms with van der Waals surface area (Å²) in [6.07, 6.45) is -8.55. The van der Waals surface area contributed by atoms with E-state index in [1.54, 1.807) is 14.0 Å². The van der Waals surface area contributed by atoms with E-state index in [1.165, 1.54) is 6.07 Å². The van der Waals surface area contributed by atoms with E-state index in [9.17, 15) is 26.3 Å². The maximum Gasteiger partial charge on any atom is 0.433 e. The van der Waals surface area contributed by atoms with Crippen molar-refractivity contribution in [3.8, 4) is 11.3 Å². The van der Waals surface area contributed by atoms with Crippen molar-refractivity contribution in [2.24, 2.45) is 0 Å². The van der Waals surface area contributed by atoms with Crippen molar-refractivity contribution >= 4 is 0 Å². The van der Waals surface area contributed by atoms with Crippen molar-refractivity contribution in [3.05, 3.63) is 89.1 Å². The van der Waals surface area contributed by atoms with Gasteiger partial charge in [0.05, 0.1) is 17.9 Å². The van der Waals surface area contributed by atoms with Crippen LogP contribution in [-0.4, -0.2) is 31.3 Å². The average Bonchev–Trinajstić information content (AvgIpc) is 2.82. The van der Waals surface area contributed by atoms with Crippen molar-refractivity contribution in [2.75, 3.05) is 20.3 Å². The number of rotatable bonds is 9. The first-order chi connectivity index (χ1) is 16.5. The number of pyridine rings is 1. The van der Waals surface area contributed by atoms with Gasteiger partial charge in [-0.2, -0.15) is 26.3 Å². The second-order valence-electron chi connectivity index (χ2n) is 8.40. The fourth-order valence-electron chi connectivity index (χ4n) is 3.71. The molecule has 0 aliphatic heterocycles. The first kappa shape index (κ1) is 26.7. The lowest BCUT2D eigenvalue weighted by molar-refractivity contribution is -0.141. The number of ether oxygens (including phenoxy) is 1. The Balaban J connectivity index is 1.83. The number of methoxy groups -OCH3 is 1. The number of alkyl halides is 6. The van der Waals surface area contributed by atoms with Crippen LogP contribution in [0.25, 0.3) is 11.3 Å². The monoisotopic (exact) mass is 496 g/mol. The smallest absolute Gasteiger partial charge is 0.383 e. The second kappa shape index (κ2) is 11.2. The molecule has 3 nitrogen and oxygen atoms in total. The van der Waals surface area contributed by atoms with Crippen LogP contribution >= 0.6 is 0 Å². The molecule has 0 fully saturated rings. The Bertz CT molecular complexity index is 1080. The molecule has 1 N–H and O–H groups in total. The van der Waals surface area contributed by atoms with Gasteiger partial charge in [0.2, 0.25) is 0 Å². The van der Waals surface area contributed by atoms with Gasteiger partial charge in [-0.25, -0.2) is 4.98 Å². The Morgan fingerprint density at radius 2 is 1.54 bits per heavy atom. The van der Waals surface area contributed by atoms with Crippen molar-refractivity contribution in [2.45, 2.75) is 37.7 Å². The van der Waals surface area contributed by atoms with Crippen LogP contribution in [0.5, 0.6) is 0 Å². The molecule has 0 aliphatic rings. The molecule has 2 aromatic carbocycles. The summed E-state index contributed by atoms with van der Waals surface area (Å²) in [4.78, 5) is 3.68. The van der Waals surface area contributed by atoms with Crippen molar-refractivity contribution in [3.63, 3.8) is 0 Å². The summed E-state index contributed by atoms with van der Waals surface area (Å²) in [7, 11) is 1.58. The quantitative estimate of drug-likeness (QED) is 0.333. The second-order valence-corrected chi connectivity index (χ2v) is 8.40. The van der Waals surface area contributed by atoms with Crippen LogP contribution in [0, 0.1) is 0 Å². The molecule has 3 rings (SSSR count). The van der Waals surface area contributed by atoms with Crippen LogP contribution in [0.1, 0.15) is 35.2 Å². The number of hydrogen-bond acceptors (Lipinski definition) is 3. The molecule has 9 heteroatoms. The van der Waals surface area contributed by atoms with Crippen LogP contribution in [0.3, 0.4) is 0 Å². The third-order valence-corrected chi connectivity index (χ3v) is 5.62. The third-order valence-electron chi connectivity index (χ3n) is 5.62. The Kier molecular flexibility index (Phi) is 8.56. The molecule has 1 unspecified atom stereocenters. The topological polar surface area (TPSA) is 34.1 Å². The zero-order valence-corrected chi connectivity index (χ0v) is 19.3. The zero-order valence-electron chi connectivity index (χ0n) is 19.3. The summed E-state index contributed by atoms with van der Waals surface area (Å²) in [5.41, 5.74) is -0.351. The molecule has 0 saturated heterocycles. The number of hydrogen-bond donors (Lipinski definition) is 1. The lowest BCUT2D eigenvalue weighted by Crippen LogP contribution is -2.37. The van der Waals surface area contributed by atoms with E-state index in [1.807, 2.05) is 30.3 Å². The number of halogens is 6. The van der Waals surface area contributed by atoms with E-state index in [4.69, 9.17) is 4.74 Å². The van der Waals surface area contributed by atoms with Crippen LogP contribution in [0.2, 0.25) is 0 Å². The molecule has 35 heavy (non-hydrogen) atoms. The van der Waals surface area contributed by atoms with Gasteiger partial charge in [-0.05, 0) is 47.7 Å². The maximum absolute atomic E-state index is 13.6. The molecule has 0 radical (unpaired) electrons. The fraction of sp³-hybridized carbons (Fsp3) is 0.346. The SMILES string of the molecule is COC[C@H](Cc1ccccc1)NCC(C)c1cc(-c2ccc(C(F)(F)F)cc2)nc(C(F)(F)F)c1. The highest BCUT2D eigenvalue weighted by Gasteiger charge is 2.34. The lowest BCUT2D eigenvalue weighted by Gasteiger charge is -2.22. The molecule has 1 heterocycles. The molecule has 0 aliphatic carbocycles. The summed E-state index contributed by atoms with van der Waals surface area (Å²) in [5, 5.41) is 3.36. The first-order valence-electron chi connectivity index (χ1n) is 11.0. The van der Waals surface area contributed by atoms with Gasteiger partial charge in [0.15, 0.2) is 0 Å². The molecule has 2 atom stereocenters. The van der Waals surface area contributed by atoms with Gasteiger partial charge in [0, 0.05) is 25.3 Å². The van der Waals surface area contributed by atoms with E-state index in [2.05, 4.69) is 10.3 Å². The Hall–Kier alpha value is -2.91. The summed E-state index contributed by atoms with van der Waals surface area (Å²) in [5.74, 6) is -0.331. The van der Waals surface area contributed by atoms with Gasteiger partial charge < -0.3 is 10.1 Å². The number of nitrogens with one attached hydrogen (secondary N) is 1. The molecule has 0 saturated carbocycles. The van der Waals surface area contributed by atoms with Gasteiger partial charge in [-0.15, -0.1) is 0 Å². The zero-order chi connectivity index (χ0) is 25.6. The third kappa shape index (κ3) is 7.53. The van der Waals surface area contributed by atoms with E-state index < -0.39 is 23.6 Å². The van der Waals surface area contributed by atoms with Gasteiger partial charge in [0.25, 0.3) is 0 Å². The normalized spacial score (nSPS) is 14.1. The molecule has 188 valence electrons. The van der Waals surface area contributed by atoms with E-state index in [-0.39, 0.29) is 23.2 Å². The van der Waals surface area contributed by atoms with Crippen LogP contribution < -0.4 is 5.32 Å². The molecule has 0 bridgehead atoms. The van der Waals surface area contributed by atoms with Gasteiger partial charge in [0.1, 0.15) is 5.69 Å². The van der Waals surface area contributed by atoms with Gasteiger partial charge in [-0.1, -0.05) is 49.4 Å². The molecule has 0 spiro atoms. The Morgan fingerprint density at radius 3 is 2.11 bits per heavy atom. The summed E-state index contributed by atoms with van der Waals surface area (Å²) in [6, 6.07) is 16.1. The van der Waals surface area contributed by atoms with Crippen LogP contribution in [0.4, 0.5) is 26.3 Å². The van der Waals surface area contributed by atoms with E-state index in [0.29, 0.717) is 25.1 Å². The minimum absolute atomic E-state index is 0.0341. The summed E-state index contributed by atoms with van der Waals surface area (Å²) < 4.78 is 84.6. The lowest BCUT2D eigenvalue weighted by atomic mass is 9.97. The largest absolute Gasteiger partial charge is 0.433 e. The molecule has 1 aromatic heterocycles. The van der Waals surface area contributed by atoms with E-state index in [0.717, 1.165) is 35.9 Å². The van der Waals surface area contributed by atoms with Crippen molar-refractivity contribution in [1.82, 2.24) is 10.3 Å². The van der Waals surface area contributed by atoms with Gasteiger partial charge in [-0.3, -0.25) is 0 Å². The molecular formula is C26H26F6N2O. The van der Waals surface area contributed by atoms with Crippen LogP contribution in [0.15, 0.2) is 66.7 Å². The number of benzene rings is 2. The van der Waals surface area contributed by atoms with Crippen molar-refractivity contribution < 1.29 is 31.1 Å². The Labute approximate surface area is 200 Å². The fourth-order valence-corrected chi connectivity index (χ4v) is 3.71. The summed E-state index contributed by atoms with van der Waals surface area (Å²) >= 11 is 0. The predicted octanol–water partition coefficient (Wildman–Crippen LogP) is 6.74. The minimum Gasteiger partial charge on any atom is -0.383 e. The van der Waals surface area contributed by atoms with Gasteiger partial charge >= 0.3 is 12.4 Å². The number of nitrogens with zero attached hydrogens (tertiary/aromatic N) is 1. The highest BCUT2D eigenvalue weighted by molar-refractivity contribution is 5.61. The van der Waals surface area contributed by atoms with Crippen LogP contribution in [-0.2, 0) is 23.5 Å². The molecule has 3 aromatic rings. The van der Waals surface area contributed by atoms with E-state index >= 15 is 0 Å². The maximum atomic E-state index is 13.6. The van der Waals surface area contributed by atoms with Crippen molar-refractivity contribution in [1.29, 1.82) is 0 Å². The number of aromatic nitrogens is 1. The predicted molar refractivity (Wildman–Crippen MR) is 122 cm³/mol. The Morgan fingerprint density at radius 1 is 0.886 bits per heavy atom. The minimum atomic E-state index is -4.70. The summed E-state index contributed by atoms with van der Waals surface area (Å²) in [6.45, 7) is 2.57. The molecule has 0 amide bonds. The first-order valence-corrected chi connectivity index (χ1v) is 11.0. The highest BCUT2D eigenvalue weighted by atomic mass is 19.4. The standard InChI is InChI=1S/C26H26F6N2O/c1-17(15-33-22(16-35-2)12-18-6-4-3-5-7-18)20-13-23(34-24(14-20)26(30,31)32)19-8-10-21(11-9-19)25(27,28)29/h3-11,13-14,17,22,33H,12,15-16H2,1-2H3/t17?,22-/m0/s1. The highest BCUT2D eigenvalue weighted by Crippen LogP contribution is 2.34.